The third-order valence-corrected chi connectivity index (χ3v) is 7.30. The molecule has 26 heavy (non-hydrogen) atoms. The first-order valence-corrected chi connectivity index (χ1v) is 10.2. The van der Waals surface area contributed by atoms with Crippen molar-refractivity contribution in [2.75, 3.05) is 11.4 Å². The molecule has 142 valence electrons. The fourth-order valence-corrected chi connectivity index (χ4v) is 4.30. The number of alkyl halides is 3. The second-order valence-electron chi connectivity index (χ2n) is 5.61. The maximum absolute atomic E-state index is 12.7. The number of halogens is 3. The number of sulfone groups is 1. The Labute approximate surface area is 150 Å². The number of hydrogen-bond donors (Lipinski definition) is 0. The van der Waals surface area contributed by atoms with Gasteiger partial charge in [0.25, 0.3) is 19.9 Å². The van der Waals surface area contributed by atoms with Crippen molar-refractivity contribution in [1.82, 2.24) is 0 Å². The molecule has 0 atom stereocenters. The Hall–Kier alpha value is -2.07. The summed E-state index contributed by atoms with van der Waals surface area (Å²) < 4.78 is 86.9. The first-order chi connectivity index (χ1) is 11.8. The Kier molecular flexibility index (Phi) is 5.13. The summed E-state index contributed by atoms with van der Waals surface area (Å²) in [6, 6.07) is 8.05. The molecule has 0 bridgehead atoms. The van der Waals surface area contributed by atoms with E-state index in [2.05, 4.69) is 0 Å². The van der Waals surface area contributed by atoms with Gasteiger partial charge in [-0.1, -0.05) is 12.1 Å². The van der Waals surface area contributed by atoms with Crippen LogP contribution < -0.4 is 4.31 Å². The number of benzene rings is 2. The molecule has 0 amide bonds. The Balaban J connectivity index is 2.46. The molecule has 0 spiro atoms. The summed E-state index contributed by atoms with van der Waals surface area (Å²) in [7, 11) is -8.29. The van der Waals surface area contributed by atoms with Crippen LogP contribution in [0, 0.1) is 13.8 Å². The lowest BCUT2D eigenvalue weighted by atomic mass is 10.1. The SMILES string of the molecule is Cc1cccc(N(C)S(=O)(=O)c2ccc(S(=O)(=O)C(F)(F)F)cc2)c1C. The second kappa shape index (κ2) is 6.58. The summed E-state index contributed by atoms with van der Waals surface area (Å²) in [6.45, 7) is 3.56. The van der Waals surface area contributed by atoms with Crippen molar-refractivity contribution in [1.29, 1.82) is 0 Å². The highest BCUT2D eigenvalue weighted by molar-refractivity contribution is 7.93. The molecule has 0 N–H and O–H groups in total. The molecule has 0 saturated heterocycles. The van der Waals surface area contributed by atoms with Crippen LogP contribution in [-0.2, 0) is 19.9 Å². The molecule has 0 aliphatic rings. The molecular formula is C16H16F3NO4S2. The number of hydrogen-bond acceptors (Lipinski definition) is 4. The zero-order valence-electron chi connectivity index (χ0n) is 14.1. The van der Waals surface area contributed by atoms with E-state index in [1.165, 1.54) is 7.05 Å². The molecule has 0 aliphatic heterocycles. The van der Waals surface area contributed by atoms with Crippen LogP contribution in [0.2, 0.25) is 0 Å². The highest BCUT2D eigenvalue weighted by atomic mass is 32.2. The van der Waals surface area contributed by atoms with E-state index in [0.717, 1.165) is 27.6 Å². The largest absolute Gasteiger partial charge is 0.501 e. The van der Waals surface area contributed by atoms with Crippen molar-refractivity contribution in [3.05, 3.63) is 53.6 Å². The predicted molar refractivity (Wildman–Crippen MR) is 91.2 cm³/mol. The molecule has 0 heterocycles. The summed E-state index contributed by atoms with van der Waals surface area (Å²) in [5.74, 6) is 0. The summed E-state index contributed by atoms with van der Waals surface area (Å²) >= 11 is 0. The van der Waals surface area contributed by atoms with Crippen molar-refractivity contribution in [3.8, 4) is 0 Å². The number of nitrogens with zero attached hydrogens (tertiary/aromatic N) is 1. The number of aryl methyl sites for hydroxylation is 1. The van der Waals surface area contributed by atoms with Gasteiger partial charge in [0.05, 0.1) is 15.5 Å². The minimum Gasteiger partial charge on any atom is -0.269 e. The Morgan fingerprint density at radius 1 is 0.846 bits per heavy atom. The fourth-order valence-electron chi connectivity index (χ4n) is 2.29. The van der Waals surface area contributed by atoms with Gasteiger partial charge in [-0.3, -0.25) is 4.31 Å². The molecule has 2 rings (SSSR count). The average Bonchev–Trinajstić information content (AvgIpc) is 2.55. The lowest BCUT2D eigenvalue weighted by molar-refractivity contribution is -0.0436. The molecule has 0 aromatic heterocycles. The van der Waals surface area contributed by atoms with Crippen molar-refractivity contribution in [3.63, 3.8) is 0 Å². The zero-order chi connectivity index (χ0) is 19.9. The lowest BCUT2D eigenvalue weighted by Gasteiger charge is -2.22. The first kappa shape index (κ1) is 20.2. The van der Waals surface area contributed by atoms with Crippen molar-refractivity contribution in [2.24, 2.45) is 0 Å². The van der Waals surface area contributed by atoms with Gasteiger partial charge in [-0.25, -0.2) is 16.8 Å². The van der Waals surface area contributed by atoms with Crippen LogP contribution in [-0.4, -0.2) is 29.4 Å². The van der Waals surface area contributed by atoms with Crippen LogP contribution in [0.3, 0.4) is 0 Å². The van der Waals surface area contributed by atoms with Gasteiger partial charge in [0.15, 0.2) is 0 Å². The molecular weight excluding hydrogens is 391 g/mol. The van der Waals surface area contributed by atoms with Crippen LogP contribution in [0.1, 0.15) is 11.1 Å². The van der Waals surface area contributed by atoms with Crippen molar-refractivity contribution < 1.29 is 30.0 Å². The monoisotopic (exact) mass is 407 g/mol. The Morgan fingerprint density at radius 2 is 1.35 bits per heavy atom. The lowest BCUT2D eigenvalue weighted by Crippen LogP contribution is -2.27. The predicted octanol–water partition coefficient (Wildman–Crippen LogP) is 3.42. The van der Waals surface area contributed by atoms with Crippen LogP contribution in [0.4, 0.5) is 18.9 Å². The molecule has 0 unspecified atom stereocenters. The highest BCUT2D eigenvalue weighted by Gasteiger charge is 2.46. The number of rotatable bonds is 4. The first-order valence-electron chi connectivity index (χ1n) is 7.26. The van der Waals surface area contributed by atoms with E-state index in [0.29, 0.717) is 17.8 Å². The van der Waals surface area contributed by atoms with E-state index >= 15 is 0 Å². The van der Waals surface area contributed by atoms with Gasteiger partial charge in [0.2, 0.25) is 0 Å². The molecule has 2 aromatic carbocycles. The van der Waals surface area contributed by atoms with Crippen molar-refractivity contribution >= 4 is 25.5 Å². The maximum Gasteiger partial charge on any atom is 0.501 e. The highest BCUT2D eigenvalue weighted by Crippen LogP contribution is 2.32. The molecule has 0 fully saturated rings. The van der Waals surface area contributed by atoms with E-state index in [-0.39, 0.29) is 4.90 Å². The van der Waals surface area contributed by atoms with Crippen LogP contribution in [0.15, 0.2) is 52.3 Å². The van der Waals surface area contributed by atoms with Crippen molar-refractivity contribution in [2.45, 2.75) is 29.1 Å². The molecule has 2 aromatic rings. The smallest absolute Gasteiger partial charge is 0.269 e. The van der Waals surface area contributed by atoms with E-state index in [9.17, 15) is 30.0 Å². The zero-order valence-corrected chi connectivity index (χ0v) is 15.7. The molecule has 0 saturated carbocycles. The van der Waals surface area contributed by atoms with Gasteiger partial charge in [-0.15, -0.1) is 0 Å². The summed E-state index contributed by atoms with van der Waals surface area (Å²) in [5.41, 5.74) is -3.44. The summed E-state index contributed by atoms with van der Waals surface area (Å²) in [4.78, 5) is -1.33. The summed E-state index contributed by atoms with van der Waals surface area (Å²) in [6.07, 6.45) is 0. The normalized spacial score (nSPS) is 12.8. The van der Waals surface area contributed by atoms with Crippen LogP contribution in [0.25, 0.3) is 0 Å². The van der Waals surface area contributed by atoms with E-state index in [4.69, 9.17) is 0 Å². The van der Waals surface area contributed by atoms with E-state index in [1.807, 2.05) is 13.0 Å². The Bertz CT molecular complexity index is 1030. The third-order valence-electron chi connectivity index (χ3n) is 4.01. The van der Waals surface area contributed by atoms with Crippen LogP contribution >= 0.6 is 0 Å². The summed E-state index contributed by atoms with van der Waals surface area (Å²) in [5, 5.41) is 0. The number of anilines is 1. The minimum atomic E-state index is -5.53. The van der Waals surface area contributed by atoms with E-state index in [1.54, 1.807) is 19.1 Å². The van der Waals surface area contributed by atoms with Gasteiger partial charge < -0.3 is 0 Å². The van der Waals surface area contributed by atoms with Gasteiger partial charge in [0.1, 0.15) is 0 Å². The van der Waals surface area contributed by atoms with Gasteiger partial charge >= 0.3 is 5.51 Å². The molecule has 0 aliphatic carbocycles. The molecule has 5 nitrogen and oxygen atoms in total. The Morgan fingerprint density at radius 3 is 1.85 bits per heavy atom. The molecule has 10 heteroatoms. The van der Waals surface area contributed by atoms with Gasteiger partial charge in [-0.2, -0.15) is 13.2 Å². The molecule has 0 radical (unpaired) electrons. The topological polar surface area (TPSA) is 71.5 Å². The quantitative estimate of drug-likeness (QED) is 0.779. The van der Waals surface area contributed by atoms with Gasteiger partial charge in [0, 0.05) is 7.05 Å². The van der Waals surface area contributed by atoms with Gasteiger partial charge in [-0.05, 0) is 55.3 Å². The average molecular weight is 407 g/mol. The van der Waals surface area contributed by atoms with E-state index < -0.39 is 30.3 Å². The third kappa shape index (κ3) is 3.43. The number of sulfonamides is 1. The standard InChI is InChI=1S/C16H16F3NO4S2/c1-11-5-4-6-15(12(11)2)20(3)26(23,24)14-9-7-13(8-10-14)25(21,22)16(17,18)19/h4-10H,1-3H3. The van der Waals surface area contributed by atoms with Crippen LogP contribution in [0.5, 0.6) is 0 Å². The maximum atomic E-state index is 12.7. The minimum absolute atomic E-state index is 0.318. The second-order valence-corrected chi connectivity index (χ2v) is 9.52. The fraction of sp³-hybridized carbons (Fsp3) is 0.250.